The van der Waals surface area contributed by atoms with Crippen molar-refractivity contribution < 1.29 is 4.74 Å². The van der Waals surface area contributed by atoms with E-state index in [1.54, 1.807) is 7.05 Å². The zero-order chi connectivity index (χ0) is 17.2. The fraction of sp³-hybridized carbons (Fsp3) is 0.562. The van der Waals surface area contributed by atoms with Crippen molar-refractivity contribution in [3.63, 3.8) is 0 Å². The van der Waals surface area contributed by atoms with Crippen LogP contribution >= 0.6 is 0 Å². The average molecular weight is 331 g/mol. The Hall–Kier alpha value is -2.35. The summed E-state index contributed by atoms with van der Waals surface area (Å²) in [6, 6.07) is 0. The normalized spacial score (nSPS) is 18.2. The lowest BCUT2D eigenvalue weighted by Crippen LogP contribution is -2.37. The van der Waals surface area contributed by atoms with Crippen molar-refractivity contribution >= 4 is 16.9 Å². The van der Waals surface area contributed by atoms with Crippen LogP contribution in [0.2, 0.25) is 0 Å². The van der Waals surface area contributed by atoms with Gasteiger partial charge in [0.15, 0.2) is 11.2 Å². The van der Waals surface area contributed by atoms with Crippen LogP contribution in [-0.4, -0.2) is 35.8 Å². The molecule has 0 aliphatic carbocycles. The molecule has 1 aliphatic heterocycles. The van der Waals surface area contributed by atoms with E-state index >= 15 is 0 Å². The summed E-state index contributed by atoms with van der Waals surface area (Å²) in [5, 5.41) is 0. The Bertz CT molecular complexity index is 1080. The Morgan fingerprint density at radius 3 is 2.58 bits per heavy atom. The second kappa shape index (κ2) is 5.07. The number of imidazole rings is 2. The molecule has 1 atom stereocenters. The Labute approximate surface area is 137 Å². The molecule has 24 heavy (non-hydrogen) atoms. The predicted octanol–water partition coefficient (Wildman–Crippen LogP) is 0.482. The van der Waals surface area contributed by atoms with Crippen LogP contribution in [-0.2, 0) is 25.4 Å². The SMILES string of the molecule is Cc1c(C)n2c3c(=O)n(C)c(=O)n(C)c3nc2n1CC1CCCO1. The maximum atomic E-state index is 12.6. The van der Waals surface area contributed by atoms with Crippen LogP contribution in [0.1, 0.15) is 24.2 Å². The van der Waals surface area contributed by atoms with Crippen molar-refractivity contribution in [1.29, 1.82) is 0 Å². The lowest BCUT2D eigenvalue weighted by molar-refractivity contribution is 0.0974. The molecule has 0 aromatic carbocycles. The second-order valence-corrected chi connectivity index (χ2v) is 6.54. The lowest BCUT2D eigenvalue weighted by atomic mass is 10.2. The summed E-state index contributed by atoms with van der Waals surface area (Å²) in [6.45, 7) is 5.50. The molecule has 0 saturated carbocycles. The van der Waals surface area contributed by atoms with Crippen molar-refractivity contribution in [1.82, 2.24) is 23.1 Å². The fourth-order valence-electron chi connectivity index (χ4n) is 3.60. The summed E-state index contributed by atoms with van der Waals surface area (Å²) in [7, 11) is 3.14. The van der Waals surface area contributed by atoms with Gasteiger partial charge in [-0.15, -0.1) is 0 Å². The zero-order valence-corrected chi connectivity index (χ0v) is 14.4. The Morgan fingerprint density at radius 1 is 1.17 bits per heavy atom. The summed E-state index contributed by atoms with van der Waals surface area (Å²) >= 11 is 0. The third kappa shape index (κ3) is 1.86. The molecule has 1 aliphatic rings. The molecular weight excluding hydrogens is 310 g/mol. The first kappa shape index (κ1) is 15.2. The number of rotatable bonds is 2. The van der Waals surface area contributed by atoms with Crippen LogP contribution in [0.25, 0.3) is 16.9 Å². The van der Waals surface area contributed by atoms with Gasteiger partial charge >= 0.3 is 5.69 Å². The van der Waals surface area contributed by atoms with Crippen molar-refractivity contribution in [3.8, 4) is 0 Å². The molecule has 0 bridgehead atoms. The van der Waals surface area contributed by atoms with Crippen molar-refractivity contribution in [3.05, 3.63) is 32.2 Å². The highest BCUT2D eigenvalue weighted by atomic mass is 16.5. The summed E-state index contributed by atoms with van der Waals surface area (Å²) in [6.07, 6.45) is 2.28. The van der Waals surface area contributed by atoms with Gasteiger partial charge in [-0.1, -0.05) is 0 Å². The van der Waals surface area contributed by atoms with E-state index in [0.717, 1.165) is 35.4 Å². The molecule has 3 aromatic rings. The minimum Gasteiger partial charge on any atom is -0.376 e. The van der Waals surface area contributed by atoms with Crippen LogP contribution in [0.4, 0.5) is 0 Å². The van der Waals surface area contributed by atoms with E-state index in [1.807, 2.05) is 18.2 Å². The molecule has 0 spiro atoms. The Kier molecular flexibility index (Phi) is 3.21. The number of nitrogens with zero attached hydrogens (tertiary/aromatic N) is 5. The Morgan fingerprint density at radius 2 is 1.92 bits per heavy atom. The van der Waals surface area contributed by atoms with Gasteiger partial charge in [-0.2, -0.15) is 4.98 Å². The molecule has 128 valence electrons. The van der Waals surface area contributed by atoms with Crippen molar-refractivity contribution in [2.75, 3.05) is 6.61 Å². The van der Waals surface area contributed by atoms with Gasteiger partial charge in [0, 0.05) is 32.1 Å². The molecule has 4 rings (SSSR count). The molecule has 8 heteroatoms. The van der Waals surface area contributed by atoms with E-state index in [9.17, 15) is 9.59 Å². The van der Waals surface area contributed by atoms with Crippen LogP contribution in [0.15, 0.2) is 9.59 Å². The smallest absolute Gasteiger partial charge is 0.332 e. The highest BCUT2D eigenvalue weighted by Gasteiger charge is 2.24. The monoisotopic (exact) mass is 331 g/mol. The van der Waals surface area contributed by atoms with Gasteiger partial charge in [-0.05, 0) is 26.7 Å². The first-order valence-corrected chi connectivity index (χ1v) is 8.17. The van der Waals surface area contributed by atoms with E-state index < -0.39 is 0 Å². The third-order valence-corrected chi connectivity index (χ3v) is 5.16. The maximum absolute atomic E-state index is 12.6. The molecular formula is C16H21N5O3. The quantitative estimate of drug-likeness (QED) is 0.685. The van der Waals surface area contributed by atoms with E-state index in [1.165, 1.54) is 11.6 Å². The molecule has 8 nitrogen and oxygen atoms in total. The number of aryl methyl sites for hydroxylation is 2. The van der Waals surface area contributed by atoms with E-state index in [-0.39, 0.29) is 17.4 Å². The average Bonchev–Trinajstić information content (AvgIpc) is 3.25. The summed E-state index contributed by atoms with van der Waals surface area (Å²) in [5.74, 6) is 0.689. The van der Waals surface area contributed by atoms with Gasteiger partial charge < -0.3 is 9.30 Å². The molecule has 0 amide bonds. The van der Waals surface area contributed by atoms with Gasteiger partial charge in [0.25, 0.3) is 5.56 Å². The number of ether oxygens (including phenoxy) is 1. The van der Waals surface area contributed by atoms with Crippen molar-refractivity contribution in [2.24, 2.45) is 14.1 Å². The van der Waals surface area contributed by atoms with E-state index in [2.05, 4.69) is 9.55 Å². The van der Waals surface area contributed by atoms with Crippen molar-refractivity contribution in [2.45, 2.75) is 39.3 Å². The summed E-state index contributed by atoms with van der Waals surface area (Å²) in [4.78, 5) is 29.4. The van der Waals surface area contributed by atoms with Gasteiger partial charge in [-0.25, -0.2) is 4.79 Å². The first-order chi connectivity index (χ1) is 11.4. The zero-order valence-electron chi connectivity index (χ0n) is 14.4. The molecule has 4 heterocycles. The van der Waals surface area contributed by atoms with Gasteiger partial charge in [0.05, 0.1) is 12.6 Å². The molecule has 1 fully saturated rings. The molecule has 0 radical (unpaired) electrons. The maximum Gasteiger partial charge on any atom is 0.332 e. The van der Waals surface area contributed by atoms with Crippen LogP contribution in [0.3, 0.4) is 0 Å². The van der Waals surface area contributed by atoms with Crippen LogP contribution in [0, 0.1) is 13.8 Å². The van der Waals surface area contributed by atoms with Crippen LogP contribution < -0.4 is 11.2 Å². The summed E-state index contributed by atoms with van der Waals surface area (Å²) < 4.78 is 12.3. The minimum atomic E-state index is -0.367. The fourth-order valence-corrected chi connectivity index (χ4v) is 3.60. The molecule has 0 N–H and O–H groups in total. The third-order valence-electron chi connectivity index (χ3n) is 5.16. The van der Waals surface area contributed by atoms with E-state index in [4.69, 9.17) is 4.74 Å². The largest absolute Gasteiger partial charge is 0.376 e. The summed E-state index contributed by atoms with van der Waals surface area (Å²) in [5.41, 5.74) is 2.20. The predicted molar refractivity (Wildman–Crippen MR) is 89.6 cm³/mol. The highest BCUT2D eigenvalue weighted by molar-refractivity contribution is 5.76. The molecule has 1 unspecified atom stereocenters. The molecule has 1 saturated heterocycles. The number of hydrogen-bond acceptors (Lipinski definition) is 4. The lowest BCUT2D eigenvalue weighted by Gasteiger charge is -2.12. The second-order valence-electron chi connectivity index (χ2n) is 6.54. The number of fused-ring (bicyclic) bond motifs is 3. The molecule has 3 aromatic heterocycles. The highest BCUT2D eigenvalue weighted by Crippen LogP contribution is 2.23. The minimum absolute atomic E-state index is 0.172. The van der Waals surface area contributed by atoms with Gasteiger partial charge in [0.2, 0.25) is 5.78 Å². The van der Waals surface area contributed by atoms with Gasteiger partial charge in [-0.3, -0.25) is 18.3 Å². The Balaban J connectivity index is 2.07. The van der Waals surface area contributed by atoms with E-state index in [0.29, 0.717) is 23.5 Å². The first-order valence-electron chi connectivity index (χ1n) is 8.17. The number of hydrogen-bond donors (Lipinski definition) is 0. The van der Waals surface area contributed by atoms with Crippen LogP contribution in [0.5, 0.6) is 0 Å². The number of aromatic nitrogens is 5. The topological polar surface area (TPSA) is 75.5 Å². The van der Waals surface area contributed by atoms with Gasteiger partial charge in [0.1, 0.15) is 0 Å². The standard InChI is InChI=1S/C16H21N5O3/c1-9-10(2)21-12-13(18(3)16(23)19(4)14(12)22)17-15(21)20(9)8-11-6-5-7-24-11/h11H,5-8H2,1-4H3.